The maximum Gasteiger partial charge on any atom is 0.407 e. The minimum atomic E-state index is -0.514. The molecule has 1 aromatic carbocycles. The Morgan fingerprint density at radius 3 is 2.53 bits per heavy atom. The summed E-state index contributed by atoms with van der Waals surface area (Å²) in [5.41, 5.74) is 3.43. The fourth-order valence-electron chi connectivity index (χ4n) is 3.65. The number of benzene rings is 1. The van der Waals surface area contributed by atoms with Gasteiger partial charge in [0.25, 0.3) is 6.47 Å². The molecule has 0 radical (unpaired) electrons. The zero-order chi connectivity index (χ0) is 21.6. The number of ether oxygens (including phenoxy) is 2. The fraction of sp³-hybridized carbons (Fsp3) is 0.435. The molecule has 30 heavy (non-hydrogen) atoms. The Morgan fingerprint density at radius 1 is 1.20 bits per heavy atom. The number of carbonyl (C=O) groups is 2. The van der Waals surface area contributed by atoms with E-state index in [1.54, 1.807) is 6.20 Å². The molecule has 0 bridgehead atoms. The van der Waals surface area contributed by atoms with Crippen molar-refractivity contribution in [2.75, 3.05) is 18.0 Å². The highest BCUT2D eigenvalue weighted by Gasteiger charge is 2.26. The van der Waals surface area contributed by atoms with Gasteiger partial charge >= 0.3 is 6.09 Å². The second-order valence-electron chi connectivity index (χ2n) is 8.38. The van der Waals surface area contributed by atoms with E-state index in [4.69, 9.17) is 9.47 Å². The van der Waals surface area contributed by atoms with Gasteiger partial charge < -0.3 is 19.7 Å². The van der Waals surface area contributed by atoms with Gasteiger partial charge in [-0.05, 0) is 39.2 Å². The molecule has 7 heteroatoms. The van der Waals surface area contributed by atoms with E-state index in [-0.39, 0.29) is 18.7 Å². The molecule has 1 aliphatic rings. The number of amides is 1. The van der Waals surface area contributed by atoms with Crippen molar-refractivity contribution in [3.05, 3.63) is 48.3 Å². The Kier molecular flexibility index (Phi) is 6.92. The molecule has 160 valence electrons. The molecule has 0 aliphatic carbocycles. The molecule has 2 heterocycles. The largest absolute Gasteiger partial charge is 0.463 e. The van der Waals surface area contributed by atoms with Crippen LogP contribution < -0.4 is 10.2 Å². The Morgan fingerprint density at radius 2 is 1.90 bits per heavy atom. The maximum atomic E-state index is 12.1. The first kappa shape index (κ1) is 21.6. The van der Waals surface area contributed by atoms with Crippen molar-refractivity contribution in [1.29, 1.82) is 0 Å². The van der Waals surface area contributed by atoms with Crippen molar-refractivity contribution < 1.29 is 19.1 Å². The number of nitrogens with one attached hydrogen (secondary N) is 1. The number of aromatic nitrogens is 1. The van der Waals surface area contributed by atoms with E-state index in [1.807, 2.05) is 57.3 Å². The summed E-state index contributed by atoms with van der Waals surface area (Å²) in [6, 6.07) is 10.1. The van der Waals surface area contributed by atoms with Gasteiger partial charge in [0, 0.05) is 42.7 Å². The second kappa shape index (κ2) is 9.61. The van der Waals surface area contributed by atoms with E-state index in [0.29, 0.717) is 6.47 Å². The Hall–Kier alpha value is -3.09. The highest BCUT2D eigenvalue weighted by Crippen LogP contribution is 2.35. The van der Waals surface area contributed by atoms with E-state index in [9.17, 15) is 9.59 Å². The highest BCUT2D eigenvalue weighted by molar-refractivity contribution is 5.80. The van der Waals surface area contributed by atoms with Crippen LogP contribution in [0.15, 0.2) is 42.7 Å². The molecule has 0 atom stereocenters. The number of carbonyl (C=O) groups excluding carboxylic acids is 2. The minimum Gasteiger partial charge on any atom is -0.463 e. The molecule has 1 amide bonds. The van der Waals surface area contributed by atoms with Crippen LogP contribution in [0.3, 0.4) is 0 Å². The third kappa shape index (κ3) is 5.72. The smallest absolute Gasteiger partial charge is 0.407 e. The summed E-state index contributed by atoms with van der Waals surface area (Å²) in [7, 11) is 0. The number of alkyl carbamates (subject to hydrolysis) is 1. The van der Waals surface area contributed by atoms with Crippen LogP contribution >= 0.6 is 0 Å². The van der Waals surface area contributed by atoms with Crippen LogP contribution in [0.4, 0.5) is 10.5 Å². The summed E-state index contributed by atoms with van der Waals surface area (Å²) in [6.07, 6.45) is 4.80. The molecular weight excluding hydrogens is 382 g/mol. The van der Waals surface area contributed by atoms with Gasteiger partial charge in [-0.25, -0.2) is 4.79 Å². The maximum absolute atomic E-state index is 12.1. The van der Waals surface area contributed by atoms with Crippen molar-refractivity contribution in [2.24, 2.45) is 0 Å². The van der Waals surface area contributed by atoms with Crippen LogP contribution in [-0.4, -0.2) is 42.3 Å². The van der Waals surface area contributed by atoms with Gasteiger partial charge in [0.15, 0.2) is 0 Å². The van der Waals surface area contributed by atoms with Gasteiger partial charge in [-0.1, -0.05) is 30.3 Å². The van der Waals surface area contributed by atoms with Crippen molar-refractivity contribution in [2.45, 2.75) is 51.9 Å². The van der Waals surface area contributed by atoms with E-state index in [2.05, 4.69) is 15.2 Å². The van der Waals surface area contributed by atoms with Crippen molar-refractivity contribution >= 4 is 18.3 Å². The van der Waals surface area contributed by atoms with Gasteiger partial charge in [0.05, 0.1) is 5.69 Å². The van der Waals surface area contributed by atoms with E-state index < -0.39 is 5.60 Å². The topological polar surface area (TPSA) is 80.8 Å². The zero-order valence-electron chi connectivity index (χ0n) is 17.8. The number of piperidine rings is 1. The van der Waals surface area contributed by atoms with Crippen molar-refractivity contribution in [3.8, 4) is 11.1 Å². The molecule has 0 unspecified atom stereocenters. The molecule has 1 fully saturated rings. The van der Waals surface area contributed by atoms with Crippen LogP contribution in [-0.2, 0) is 20.9 Å². The number of hydrogen-bond donors (Lipinski definition) is 1. The lowest BCUT2D eigenvalue weighted by atomic mass is 9.98. The summed E-state index contributed by atoms with van der Waals surface area (Å²) in [5, 5.41) is 2.97. The third-order valence-corrected chi connectivity index (χ3v) is 4.92. The van der Waals surface area contributed by atoms with Crippen LogP contribution in [0.2, 0.25) is 0 Å². The van der Waals surface area contributed by atoms with Gasteiger partial charge in [0.1, 0.15) is 12.2 Å². The number of anilines is 1. The average Bonchev–Trinajstić information content (AvgIpc) is 2.72. The standard InChI is InChI=1S/C23H29N3O4/c1-23(2,3)30-22(28)25-19-9-11-26(12-10-19)21-18(15-29-16-27)13-24-14-20(21)17-7-5-4-6-8-17/h4-8,13-14,16,19H,9-12,15H2,1-3H3,(H,25,28). The van der Waals surface area contributed by atoms with Crippen LogP contribution in [0.25, 0.3) is 11.1 Å². The van der Waals surface area contributed by atoms with Gasteiger partial charge in [-0.3, -0.25) is 9.78 Å². The van der Waals surface area contributed by atoms with E-state index in [1.165, 1.54) is 0 Å². The van der Waals surface area contributed by atoms with Gasteiger partial charge in [-0.2, -0.15) is 0 Å². The zero-order valence-corrected chi connectivity index (χ0v) is 17.8. The Labute approximate surface area is 177 Å². The lowest BCUT2D eigenvalue weighted by Gasteiger charge is -2.36. The summed E-state index contributed by atoms with van der Waals surface area (Å²) in [4.78, 5) is 29.5. The first-order chi connectivity index (χ1) is 14.4. The first-order valence-electron chi connectivity index (χ1n) is 10.2. The quantitative estimate of drug-likeness (QED) is 0.726. The van der Waals surface area contributed by atoms with Crippen LogP contribution in [0, 0.1) is 0 Å². The molecule has 1 saturated heterocycles. The number of hydrogen-bond acceptors (Lipinski definition) is 6. The summed E-state index contributed by atoms with van der Waals surface area (Å²) < 4.78 is 10.4. The van der Waals surface area contributed by atoms with E-state index >= 15 is 0 Å². The molecule has 7 nitrogen and oxygen atoms in total. The molecule has 1 aliphatic heterocycles. The molecule has 2 aromatic rings. The van der Waals surface area contributed by atoms with Crippen LogP contribution in [0.5, 0.6) is 0 Å². The minimum absolute atomic E-state index is 0.0628. The molecule has 0 spiro atoms. The molecule has 3 rings (SSSR count). The van der Waals surface area contributed by atoms with Gasteiger partial charge in [-0.15, -0.1) is 0 Å². The van der Waals surface area contributed by atoms with Gasteiger partial charge in [0.2, 0.25) is 0 Å². The van der Waals surface area contributed by atoms with Crippen LogP contribution in [0.1, 0.15) is 39.2 Å². The fourth-order valence-corrected chi connectivity index (χ4v) is 3.65. The third-order valence-electron chi connectivity index (χ3n) is 4.92. The highest BCUT2D eigenvalue weighted by atomic mass is 16.6. The Bertz CT molecular complexity index is 856. The second-order valence-corrected chi connectivity index (χ2v) is 8.38. The number of rotatable bonds is 6. The number of pyridine rings is 1. The average molecular weight is 412 g/mol. The normalized spacial score (nSPS) is 14.8. The summed E-state index contributed by atoms with van der Waals surface area (Å²) in [6.45, 7) is 7.71. The monoisotopic (exact) mass is 411 g/mol. The molecule has 1 N–H and O–H groups in total. The summed E-state index contributed by atoms with van der Waals surface area (Å²) >= 11 is 0. The summed E-state index contributed by atoms with van der Waals surface area (Å²) in [5.74, 6) is 0. The SMILES string of the molecule is CC(C)(C)OC(=O)NC1CCN(c2c(COC=O)cncc2-c2ccccc2)CC1. The predicted octanol–water partition coefficient (Wildman–Crippen LogP) is 3.92. The Balaban J connectivity index is 1.77. The van der Waals surface area contributed by atoms with Crippen molar-refractivity contribution in [3.63, 3.8) is 0 Å². The lowest BCUT2D eigenvalue weighted by Crippen LogP contribution is -2.46. The molecule has 1 aromatic heterocycles. The first-order valence-corrected chi connectivity index (χ1v) is 10.2. The van der Waals surface area contributed by atoms with Crippen molar-refractivity contribution in [1.82, 2.24) is 10.3 Å². The number of nitrogens with zero attached hydrogens (tertiary/aromatic N) is 2. The lowest BCUT2D eigenvalue weighted by molar-refractivity contribution is -0.129. The molecular formula is C23H29N3O4. The van der Waals surface area contributed by atoms with E-state index in [0.717, 1.165) is 48.3 Å². The predicted molar refractivity (Wildman–Crippen MR) is 115 cm³/mol. The molecule has 0 saturated carbocycles.